The highest BCUT2D eigenvalue weighted by molar-refractivity contribution is 6.31. The van der Waals surface area contributed by atoms with E-state index in [-0.39, 0.29) is 5.91 Å². The third-order valence-electron chi connectivity index (χ3n) is 4.39. The van der Waals surface area contributed by atoms with E-state index in [9.17, 15) is 14.4 Å². The van der Waals surface area contributed by atoms with E-state index in [4.69, 9.17) is 11.6 Å². The monoisotopic (exact) mass is 386 g/mol. The molecule has 27 heavy (non-hydrogen) atoms. The zero-order chi connectivity index (χ0) is 19.6. The number of nitrogens with zero attached hydrogens (tertiary/aromatic N) is 2. The van der Waals surface area contributed by atoms with E-state index in [0.717, 1.165) is 24.1 Å². The molecule has 3 amide bonds. The van der Waals surface area contributed by atoms with Crippen LogP contribution in [0.4, 0.5) is 5.69 Å². The molecule has 0 radical (unpaired) electrons. The minimum absolute atomic E-state index is 0.165. The molecule has 2 aromatic rings. The molecule has 0 bridgehead atoms. The van der Waals surface area contributed by atoms with E-state index >= 15 is 0 Å². The summed E-state index contributed by atoms with van der Waals surface area (Å²) in [6.07, 6.45) is 4.45. The second-order valence-electron chi connectivity index (χ2n) is 6.20. The van der Waals surface area contributed by atoms with Crippen molar-refractivity contribution < 1.29 is 14.4 Å². The predicted octanol–water partition coefficient (Wildman–Crippen LogP) is 2.22. The Hall–Kier alpha value is -3.06. The molecule has 1 aliphatic heterocycles. The summed E-state index contributed by atoms with van der Waals surface area (Å²) in [6.45, 7) is 4.15. The molecule has 2 N–H and O–H groups in total. The van der Waals surface area contributed by atoms with Gasteiger partial charge in [0.2, 0.25) is 5.91 Å². The number of fused-ring (bicyclic) bond motifs is 1. The molecule has 0 saturated carbocycles. The second kappa shape index (κ2) is 7.67. The van der Waals surface area contributed by atoms with Crippen LogP contribution in [0.5, 0.6) is 0 Å². The Morgan fingerprint density at radius 3 is 2.59 bits per heavy atom. The number of rotatable bonds is 3. The average Bonchev–Trinajstić information content (AvgIpc) is 3.02. The maximum absolute atomic E-state index is 12.4. The Bertz CT molecular complexity index is 935. The van der Waals surface area contributed by atoms with Gasteiger partial charge in [0.05, 0.1) is 5.02 Å². The van der Waals surface area contributed by atoms with Gasteiger partial charge in [-0.15, -0.1) is 0 Å². The van der Waals surface area contributed by atoms with Crippen molar-refractivity contribution in [1.29, 1.82) is 0 Å². The van der Waals surface area contributed by atoms with E-state index in [2.05, 4.69) is 17.4 Å². The van der Waals surface area contributed by atoms with Crippen LogP contribution in [0.25, 0.3) is 0 Å². The molecule has 0 atom stereocenters. The average molecular weight is 387 g/mol. The zero-order valence-corrected chi connectivity index (χ0v) is 15.5. The highest BCUT2D eigenvalue weighted by Crippen LogP contribution is 2.28. The van der Waals surface area contributed by atoms with Crippen LogP contribution in [0, 0.1) is 0 Å². The third kappa shape index (κ3) is 3.88. The van der Waals surface area contributed by atoms with Crippen LogP contribution >= 0.6 is 11.6 Å². The van der Waals surface area contributed by atoms with Gasteiger partial charge >= 0.3 is 0 Å². The Kier molecular flexibility index (Phi) is 5.32. The van der Waals surface area contributed by atoms with Crippen LogP contribution in [-0.2, 0) is 18.3 Å². The van der Waals surface area contributed by atoms with Gasteiger partial charge in [-0.1, -0.05) is 18.2 Å². The lowest BCUT2D eigenvalue weighted by atomic mass is 9.99. The SMILES string of the molecule is C=CC(=O)N1CCCc2cc(C(=O)NNC(=O)c3cc(Cl)cn3C)ccc21. The fourth-order valence-electron chi connectivity index (χ4n) is 3.08. The molecule has 1 aliphatic rings. The molecule has 3 rings (SSSR count). The number of amides is 3. The van der Waals surface area contributed by atoms with Crippen molar-refractivity contribution in [1.82, 2.24) is 15.4 Å². The van der Waals surface area contributed by atoms with Crippen molar-refractivity contribution in [2.75, 3.05) is 11.4 Å². The van der Waals surface area contributed by atoms with Gasteiger partial charge < -0.3 is 9.47 Å². The fraction of sp³-hybridized carbons (Fsp3) is 0.211. The number of anilines is 1. The first kappa shape index (κ1) is 18.7. The molecule has 140 valence electrons. The molecule has 0 spiro atoms. The summed E-state index contributed by atoms with van der Waals surface area (Å²) < 4.78 is 1.56. The van der Waals surface area contributed by atoms with E-state index < -0.39 is 11.8 Å². The molecule has 0 unspecified atom stereocenters. The standard InChI is InChI=1S/C19H19ClN4O3/c1-3-17(25)24-8-4-5-12-9-13(6-7-15(12)24)18(26)21-22-19(27)16-10-14(20)11-23(16)2/h3,6-7,9-11H,1,4-5,8H2,2H3,(H,21,26)(H,22,27). The Balaban J connectivity index is 1.71. The summed E-state index contributed by atoms with van der Waals surface area (Å²) in [5.41, 5.74) is 7.17. The molecular weight excluding hydrogens is 368 g/mol. The molecule has 0 fully saturated rings. The second-order valence-corrected chi connectivity index (χ2v) is 6.64. The van der Waals surface area contributed by atoms with Crippen molar-refractivity contribution in [3.63, 3.8) is 0 Å². The summed E-state index contributed by atoms with van der Waals surface area (Å²) in [5, 5.41) is 0.433. The summed E-state index contributed by atoms with van der Waals surface area (Å²) in [4.78, 5) is 38.1. The Morgan fingerprint density at radius 2 is 1.93 bits per heavy atom. The van der Waals surface area contributed by atoms with Gasteiger partial charge in [-0.05, 0) is 48.7 Å². The topological polar surface area (TPSA) is 83.4 Å². The van der Waals surface area contributed by atoms with Crippen molar-refractivity contribution in [3.05, 3.63) is 65.0 Å². The van der Waals surface area contributed by atoms with Gasteiger partial charge in [0.15, 0.2) is 0 Å². The van der Waals surface area contributed by atoms with Gasteiger partial charge in [0.25, 0.3) is 11.8 Å². The molecule has 8 heteroatoms. The highest BCUT2D eigenvalue weighted by Gasteiger charge is 2.22. The number of hydrazine groups is 1. The van der Waals surface area contributed by atoms with Crippen LogP contribution in [-0.4, -0.2) is 28.8 Å². The number of benzene rings is 1. The number of carbonyl (C=O) groups excluding carboxylic acids is 3. The first-order chi connectivity index (χ1) is 12.9. The molecular formula is C19H19ClN4O3. The van der Waals surface area contributed by atoms with Gasteiger partial charge in [-0.25, -0.2) is 0 Å². The summed E-state index contributed by atoms with van der Waals surface area (Å²) in [6, 6.07) is 6.60. The van der Waals surface area contributed by atoms with Crippen LogP contribution in [0.15, 0.2) is 43.1 Å². The van der Waals surface area contributed by atoms with Gasteiger partial charge in [-0.3, -0.25) is 25.2 Å². The smallest absolute Gasteiger partial charge is 0.286 e. The largest absolute Gasteiger partial charge is 0.345 e. The lowest BCUT2D eigenvalue weighted by molar-refractivity contribution is -0.114. The van der Waals surface area contributed by atoms with Crippen molar-refractivity contribution in [2.24, 2.45) is 7.05 Å². The van der Waals surface area contributed by atoms with Crippen LogP contribution < -0.4 is 15.8 Å². The molecule has 7 nitrogen and oxygen atoms in total. The van der Waals surface area contributed by atoms with E-state index in [1.807, 2.05) is 0 Å². The fourth-order valence-corrected chi connectivity index (χ4v) is 3.33. The minimum Gasteiger partial charge on any atom is -0.345 e. The van der Waals surface area contributed by atoms with Gasteiger partial charge in [-0.2, -0.15) is 0 Å². The Morgan fingerprint density at radius 1 is 1.19 bits per heavy atom. The number of hydrogen-bond donors (Lipinski definition) is 2. The number of aryl methyl sites for hydroxylation is 2. The summed E-state index contributed by atoms with van der Waals surface area (Å²) >= 11 is 5.86. The molecule has 1 aromatic carbocycles. The number of aromatic nitrogens is 1. The molecule has 0 saturated heterocycles. The van der Waals surface area contributed by atoms with Crippen molar-refractivity contribution in [3.8, 4) is 0 Å². The first-order valence-corrected chi connectivity index (χ1v) is 8.78. The first-order valence-electron chi connectivity index (χ1n) is 8.40. The summed E-state index contributed by atoms with van der Waals surface area (Å²) in [5.74, 6) is -1.08. The number of carbonyl (C=O) groups is 3. The van der Waals surface area contributed by atoms with Crippen LogP contribution in [0.3, 0.4) is 0 Å². The van der Waals surface area contributed by atoms with Crippen LogP contribution in [0.1, 0.15) is 32.8 Å². The maximum Gasteiger partial charge on any atom is 0.286 e. The quantitative estimate of drug-likeness (QED) is 0.626. The maximum atomic E-state index is 12.4. The van der Waals surface area contributed by atoms with Crippen molar-refractivity contribution in [2.45, 2.75) is 12.8 Å². The van der Waals surface area contributed by atoms with E-state index in [1.54, 1.807) is 40.9 Å². The molecule has 2 heterocycles. The Labute approximate surface area is 161 Å². The molecule has 1 aromatic heterocycles. The van der Waals surface area contributed by atoms with Gasteiger partial charge in [0.1, 0.15) is 5.69 Å². The third-order valence-corrected chi connectivity index (χ3v) is 4.60. The number of halogens is 1. The van der Waals surface area contributed by atoms with E-state index in [0.29, 0.717) is 22.8 Å². The zero-order valence-electron chi connectivity index (χ0n) is 14.8. The predicted molar refractivity (Wildman–Crippen MR) is 103 cm³/mol. The van der Waals surface area contributed by atoms with Crippen molar-refractivity contribution >= 4 is 35.0 Å². The van der Waals surface area contributed by atoms with Gasteiger partial charge in [0, 0.05) is 31.0 Å². The minimum atomic E-state index is -0.474. The summed E-state index contributed by atoms with van der Waals surface area (Å²) in [7, 11) is 1.68. The highest BCUT2D eigenvalue weighted by atomic mass is 35.5. The van der Waals surface area contributed by atoms with E-state index in [1.165, 1.54) is 12.1 Å². The normalized spacial score (nSPS) is 12.9. The number of hydrogen-bond acceptors (Lipinski definition) is 3. The number of nitrogens with one attached hydrogen (secondary N) is 2. The lowest BCUT2D eigenvalue weighted by Crippen LogP contribution is -2.42. The van der Waals surface area contributed by atoms with Crippen LogP contribution in [0.2, 0.25) is 5.02 Å². The molecule has 0 aliphatic carbocycles. The lowest BCUT2D eigenvalue weighted by Gasteiger charge is -2.28.